The van der Waals surface area contributed by atoms with Crippen LogP contribution in [-0.4, -0.2) is 47.2 Å². The van der Waals surface area contributed by atoms with Crippen molar-refractivity contribution >= 4 is 5.97 Å². The molecule has 0 fully saturated rings. The van der Waals surface area contributed by atoms with Crippen LogP contribution in [0.3, 0.4) is 0 Å². The van der Waals surface area contributed by atoms with Crippen molar-refractivity contribution in [1.82, 2.24) is 5.32 Å². The number of aliphatic hydroxyl groups is 2. The fourth-order valence-electron chi connectivity index (χ4n) is 2.91. The first-order valence-corrected chi connectivity index (χ1v) is 11.7. The maximum absolute atomic E-state index is 9.24. The van der Waals surface area contributed by atoms with Gasteiger partial charge in [0.15, 0.2) is 6.29 Å². The molecule has 0 bridgehead atoms. The number of carboxylic acids is 1. The second-order valence-electron chi connectivity index (χ2n) is 7.57. The predicted octanol–water partition coefficient (Wildman–Crippen LogP) is 4.34. The summed E-state index contributed by atoms with van der Waals surface area (Å²) >= 11 is 0. The molecule has 0 aliphatic carbocycles. The highest BCUT2D eigenvalue weighted by molar-refractivity contribution is 5.68. The zero-order chi connectivity index (χ0) is 22.0. The lowest BCUT2D eigenvalue weighted by atomic mass is 10.1. The van der Waals surface area contributed by atoms with Crippen LogP contribution in [0.25, 0.3) is 0 Å². The van der Waals surface area contributed by atoms with Gasteiger partial charge in [0, 0.05) is 6.54 Å². The molecule has 0 amide bonds. The van der Waals surface area contributed by atoms with Crippen molar-refractivity contribution in [3.05, 3.63) is 12.2 Å². The van der Waals surface area contributed by atoms with E-state index in [1.54, 1.807) is 0 Å². The zero-order valence-corrected chi connectivity index (χ0v) is 18.8. The van der Waals surface area contributed by atoms with Crippen molar-refractivity contribution < 1.29 is 20.1 Å². The Balaban J connectivity index is 0. The molecule has 29 heavy (non-hydrogen) atoms. The second-order valence-corrected chi connectivity index (χ2v) is 7.57. The van der Waals surface area contributed by atoms with Gasteiger partial charge in [-0.25, -0.2) is 0 Å². The van der Waals surface area contributed by atoms with Crippen molar-refractivity contribution in [2.24, 2.45) is 5.73 Å². The molecule has 6 heteroatoms. The summed E-state index contributed by atoms with van der Waals surface area (Å²) in [6, 6.07) is 0. The molecular formula is C23H48N2O4. The Bertz CT molecular complexity index is 350. The van der Waals surface area contributed by atoms with Crippen LogP contribution in [0.4, 0.5) is 0 Å². The first kappa shape index (κ1) is 30.2. The summed E-state index contributed by atoms with van der Waals surface area (Å²) in [5.41, 5.74) is 4.57. The minimum absolute atomic E-state index is 0.278. The summed E-state index contributed by atoms with van der Waals surface area (Å²) in [5, 5.41) is 28.0. The van der Waals surface area contributed by atoms with Gasteiger partial charge in [-0.3, -0.25) is 4.79 Å². The van der Waals surface area contributed by atoms with E-state index in [4.69, 9.17) is 15.3 Å². The SMILES string of the molecule is CCCCCCCCC=CCCCCCCCCCNCC(O)O.NCC(=O)O. The van der Waals surface area contributed by atoms with E-state index in [2.05, 4.69) is 30.1 Å². The third-order valence-corrected chi connectivity index (χ3v) is 4.62. The Morgan fingerprint density at radius 2 is 1.24 bits per heavy atom. The molecule has 0 radical (unpaired) electrons. The Labute approximate surface area is 179 Å². The molecule has 0 spiro atoms. The molecule has 174 valence electrons. The van der Waals surface area contributed by atoms with Gasteiger partial charge in [-0.15, -0.1) is 0 Å². The number of unbranched alkanes of at least 4 members (excludes halogenated alkanes) is 13. The smallest absolute Gasteiger partial charge is 0.317 e. The highest BCUT2D eigenvalue weighted by atomic mass is 16.5. The van der Waals surface area contributed by atoms with Gasteiger partial charge in [0.05, 0.1) is 6.54 Å². The van der Waals surface area contributed by atoms with Crippen LogP contribution in [0.15, 0.2) is 12.2 Å². The number of carboxylic acid groups (broad SMARTS) is 1. The zero-order valence-electron chi connectivity index (χ0n) is 18.8. The van der Waals surface area contributed by atoms with Crippen LogP contribution >= 0.6 is 0 Å². The highest BCUT2D eigenvalue weighted by Crippen LogP contribution is 2.10. The summed E-state index contributed by atoms with van der Waals surface area (Å²) in [7, 11) is 0. The van der Waals surface area contributed by atoms with E-state index in [1.807, 2.05) is 0 Å². The lowest BCUT2D eigenvalue weighted by Gasteiger charge is -2.05. The van der Waals surface area contributed by atoms with E-state index < -0.39 is 12.3 Å². The maximum Gasteiger partial charge on any atom is 0.317 e. The minimum atomic E-state index is -1.22. The van der Waals surface area contributed by atoms with E-state index in [9.17, 15) is 4.79 Å². The van der Waals surface area contributed by atoms with E-state index in [0.29, 0.717) is 0 Å². The normalized spacial score (nSPS) is 11.1. The number of allylic oxidation sites excluding steroid dienone is 2. The van der Waals surface area contributed by atoms with Crippen LogP contribution in [0.2, 0.25) is 0 Å². The number of hydrogen-bond acceptors (Lipinski definition) is 5. The van der Waals surface area contributed by atoms with Gasteiger partial charge in [-0.1, -0.05) is 83.3 Å². The Kier molecular flexibility index (Phi) is 28.2. The van der Waals surface area contributed by atoms with E-state index >= 15 is 0 Å². The largest absolute Gasteiger partial charge is 0.480 e. The Hall–Kier alpha value is -0.950. The highest BCUT2D eigenvalue weighted by Gasteiger charge is 1.95. The summed E-state index contributed by atoms with van der Waals surface area (Å²) in [4.78, 5) is 9.24. The molecule has 0 aliphatic rings. The quantitative estimate of drug-likeness (QED) is 0.114. The van der Waals surface area contributed by atoms with Gasteiger partial charge in [-0.05, 0) is 38.6 Å². The van der Waals surface area contributed by atoms with Gasteiger partial charge in [0.2, 0.25) is 0 Å². The number of rotatable bonds is 20. The van der Waals surface area contributed by atoms with Crippen LogP contribution in [-0.2, 0) is 4.79 Å². The number of aliphatic hydroxyl groups excluding tert-OH is 1. The van der Waals surface area contributed by atoms with E-state index in [1.165, 1.54) is 89.9 Å². The fraction of sp³-hybridized carbons (Fsp3) is 0.870. The topological polar surface area (TPSA) is 116 Å². The lowest BCUT2D eigenvalue weighted by Crippen LogP contribution is -2.26. The first-order valence-electron chi connectivity index (χ1n) is 11.7. The van der Waals surface area contributed by atoms with Crippen LogP contribution in [0.1, 0.15) is 103 Å². The minimum Gasteiger partial charge on any atom is -0.480 e. The number of hydrogen-bond donors (Lipinski definition) is 5. The summed E-state index contributed by atoms with van der Waals surface area (Å²) in [5.74, 6) is -0.968. The van der Waals surface area contributed by atoms with Gasteiger partial charge >= 0.3 is 5.97 Å². The molecule has 6 N–H and O–H groups in total. The van der Waals surface area contributed by atoms with Crippen molar-refractivity contribution in [2.45, 2.75) is 110 Å². The van der Waals surface area contributed by atoms with Crippen molar-refractivity contribution in [1.29, 1.82) is 0 Å². The number of nitrogens with two attached hydrogens (primary N) is 1. The van der Waals surface area contributed by atoms with Crippen LogP contribution < -0.4 is 11.1 Å². The molecule has 0 heterocycles. The molecular weight excluding hydrogens is 368 g/mol. The first-order chi connectivity index (χ1) is 14.0. The van der Waals surface area contributed by atoms with Crippen molar-refractivity contribution in [3.63, 3.8) is 0 Å². The fourth-order valence-corrected chi connectivity index (χ4v) is 2.91. The summed E-state index contributed by atoms with van der Waals surface area (Å²) in [6.07, 6.45) is 23.5. The molecule has 0 aliphatic heterocycles. The average molecular weight is 417 g/mol. The molecule has 0 aromatic heterocycles. The Morgan fingerprint density at radius 1 is 0.828 bits per heavy atom. The van der Waals surface area contributed by atoms with Crippen LogP contribution in [0.5, 0.6) is 0 Å². The van der Waals surface area contributed by atoms with Crippen LogP contribution in [0, 0.1) is 0 Å². The van der Waals surface area contributed by atoms with Crippen molar-refractivity contribution in [3.8, 4) is 0 Å². The summed E-state index contributed by atoms with van der Waals surface area (Å²) in [6.45, 7) is 3.17. The van der Waals surface area contributed by atoms with Gasteiger partial charge in [0.25, 0.3) is 0 Å². The monoisotopic (exact) mass is 416 g/mol. The van der Waals surface area contributed by atoms with Crippen molar-refractivity contribution in [2.75, 3.05) is 19.6 Å². The lowest BCUT2D eigenvalue weighted by molar-refractivity contribution is -0.135. The average Bonchev–Trinajstić information content (AvgIpc) is 2.70. The third-order valence-electron chi connectivity index (χ3n) is 4.62. The number of carbonyl (C=O) groups is 1. The molecule has 0 aromatic rings. The van der Waals surface area contributed by atoms with Gasteiger partial charge in [-0.2, -0.15) is 0 Å². The third kappa shape index (κ3) is 34.9. The number of nitrogens with one attached hydrogen (secondary N) is 1. The second kappa shape index (κ2) is 27.0. The Morgan fingerprint density at radius 3 is 1.66 bits per heavy atom. The van der Waals surface area contributed by atoms with Gasteiger partial charge in [0.1, 0.15) is 0 Å². The standard InChI is InChI=1S/C21H43NO2.C2H5NO2/c1-2-3-4-5-6-7-8-9-10-11-12-13-14-15-16-17-18-19-22-20-21(23)24;3-1-2(4)5/h9-10,21-24H,2-8,11-20H2,1H3;1,3H2,(H,4,5). The van der Waals surface area contributed by atoms with E-state index in [0.717, 1.165) is 13.0 Å². The molecule has 0 aromatic carbocycles. The molecule has 0 rings (SSSR count). The maximum atomic E-state index is 9.24. The van der Waals surface area contributed by atoms with Gasteiger partial charge < -0.3 is 26.4 Å². The molecule has 6 nitrogen and oxygen atoms in total. The molecule has 0 unspecified atom stereocenters. The molecule has 0 saturated carbocycles. The predicted molar refractivity (Wildman–Crippen MR) is 122 cm³/mol. The molecule has 0 atom stereocenters. The molecule has 0 saturated heterocycles. The van der Waals surface area contributed by atoms with E-state index in [-0.39, 0.29) is 13.1 Å². The number of aliphatic carboxylic acids is 1. The summed E-state index contributed by atoms with van der Waals surface area (Å²) < 4.78 is 0.